The molecule has 0 radical (unpaired) electrons. The van der Waals surface area contributed by atoms with E-state index in [-0.39, 0.29) is 11.5 Å². The van der Waals surface area contributed by atoms with Crippen LogP contribution >= 0.6 is 0 Å². The van der Waals surface area contributed by atoms with Crippen molar-refractivity contribution < 1.29 is 9.53 Å². The van der Waals surface area contributed by atoms with Gasteiger partial charge in [0.05, 0.1) is 23.8 Å². The van der Waals surface area contributed by atoms with Crippen molar-refractivity contribution in [1.29, 1.82) is 0 Å². The molecule has 7 heteroatoms. The number of likely N-dealkylation sites (tertiary alicyclic amines) is 1. The molecule has 132 valence electrons. The van der Waals surface area contributed by atoms with Gasteiger partial charge in [0.25, 0.3) is 5.91 Å². The van der Waals surface area contributed by atoms with Gasteiger partial charge in [-0.3, -0.25) is 9.20 Å². The van der Waals surface area contributed by atoms with Gasteiger partial charge in [-0.2, -0.15) is 0 Å². The lowest BCUT2D eigenvalue weighted by Crippen LogP contribution is -2.40. The zero-order valence-corrected chi connectivity index (χ0v) is 14.6. The van der Waals surface area contributed by atoms with Gasteiger partial charge in [-0.1, -0.05) is 0 Å². The van der Waals surface area contributed by atoms with Crippen molar-refractivity contribution in [2.45, 2.75) is 24.5 Å². The number of hydrogen-bond acceptors (Lipinski definition) is 5. The van der Waals surface area contributed by atoms with Crippen molar-refractivity contribution in [2.24, 2.45) is 11.8 Å². The lowest BCUT2D eigenvalue weighted by molar-refractivity contribution is 0.00257. The fraction of sp³-hybridized carbons (Fsp3) is 0.611. The highest BCUT2D eigenvalue weighted by molar-refractivity contribution is 6.00. The summed E-state index contributed by atoms with van der Waals surface area (Å²) in [6, 6.07) is 3.71. The molecular formula is C18H23N5O2. The number of carbonyl (C=O) groups excluding carboxylic acids is 1. The maximum atomic E-state index is 13.2. The minimum atomic E-state index is -0.125. The number of nitrogens with zero attached hydrogens (tertiary/aromatic N) is 5. The second-order valence-corrected chi connectivity index (χ2v) is 7.96. The molecule has 3 aliphatic heterocycles. The van der Waals surface area contributed by atoms with Crippen LogP contribution in [0.4, 0.5) is 0 Å². The van der Waals surface area contributed by atoms with Gasteiger partial charge >= 0.3 is 0 Å². The molecule has 2 bridgehead atoms. The Labute approximate surface area is 146 Å². The van der Waals surface area contributed by atoms with E-state index < -0.39 is 0 Å². The first-order valence-electron chi connectivity index (χ1n) is 8.98. The highest BCUT2D eigenvalue weighted by Crippen LogP contribution is 2.55. The third kappa shape index (κ3) is 2.15. The minimum absolute atomic E-state index is 0.0398. The molecule has 3 aliphatic rings. The summed E-state index contributed by atoms with van der Waals surface area (Å²) in [7, 11) is 4.23. The van der Waals surface area contributed by atoms with Gasteiger partial charge in [-0.25, -0.2) is 0 Å². The lowest BCUT2D eigenvalue weighted by atomic mass is 9.73. The van der Waals surface area contributed by atoms with Crippen LogP contribution in [-0.4, -0.2) is 75.7 Å². The molecule has 1 spiro atoms. The number of hydrogen-bond donors (Lipinski definition) is 0. The number of rotatable bonds is 3. The summed E-state index contributed by atoms with van der Waals surface area (Å²) in [5.41, 5.74) is 1.12. The fourth-order valence-electron chi connectivity index (χ4n) is 5.20. The van der Waals surface area contributed by atoms with E-state index in [1.807, 2.05) is 23.2 Å². The maximum Gasteiger partial charge on any atom is 0.257 e. The number of aromatic nitrogens is 3. The largest absolute Gasteiger partial charge is 0.369 e. The van der Waals surface area contributed by atoms with Crippen LogP contribution in [0, 0.1) is 11.8 Å². The predicted molar refractivity (Wildman–Crippen MR) is 91.3 cm³/mol. The molecule has 5 heterocycles. The van der Waals surface area contributed by atoms with Crippen LogP contribution in [0.5, 0.6) is 0 Å². The van der Waals surface area contributed by atoms with E-state index in [1.165, 1.54) is 0 Å². The van der Waals surface area contributed by atoms with E-state index in [9.17, 15) is 4.79 Å². The molecule has 0 aliphatic carbocycles. The van der Waals surface area contributed by atoms with Gasteiger partial charge in [0.1, 0.15) is 6.33 Å². The Bertz CT molecular complexity index is 834. The van der Waals surface area contributed by atoms with Gasteiger partial charge in [0.2, 0.25) is 0 Å². The number of fused-ring (bicyclic) bond motifs is 2. The quantitative estimate of drug-likeness (QED) is 0.830. The zero-order chi connectivity index (χ0) is 17.2. The Morgan fingerprint density at radius 3 is 3.20 bits per heavy atom. The monoisotopic (exact) mass is 341 g/mol. The van der Waals surface area contributed by atoms with Crippen LogP contribution in [0.3, 0.4) is 0 Å². The standard InChI is InChI=1S/C18H23N5O2/c1-21(2)8-13-14-9-23(10-18(14)6-5-15(13)25-18)17(24)12-4-3-7-22-11-19-20-16(12)22/h3-4,7,11,13-15H,5-6,8-10H2,1-2H3/t13-,14+,15+,18+/m1/s1. The van der Waals surface area contributed by atoms with Gasteiger partial charge in [-0.15, -0.1) is 10.2 Å². The summed E-state index contributed by atoms with van der Waals surface area (Å²) in [6.45, 7) is 2.51. The summed E-state index contributed by atoms with van der Waals surface area (Å²) in [4.78, 5) is 17.4. The summed E-state index contributed by atoms with van der Waals surface area (Å²) >= 11 is 0. The Hall–Kier alpha value is -1.99. The van der Waals surface area contributed by atoms with Gasteiger partial charge in [0.15, 0.2) is 5.65 Å². The molecular weight excluding hydrogens is 318 g/mol. The van der Waals surface area contributed by atoms with Crippen molar-refractivity contribution in [3.63, 3.8) is 0 Å². The van der Waals surface area contributed by atoms with Crippen molar-refractivity contribution in [3.05, 3.63) is 30.2 Å². The molecule has 25 heavy (non-hydrogen) atoms. The Morgan fingerprint density at radius 1 is 1.48 bits per heavy atom. The van der Waals surface area contributed by atoms with Crippen molar-refractivity contribution in [2.75, 3.05) is 33.7 Å². The molecule has 0 unspecified atom stereocenters. The van der Waals surface area contributed by atoms with Gasteiger partial charge in [0, 0.05) is 31.1 Å². The predicted octanol–water partition coefficient (Wildman–Crippen LogP) is 0.910. The first kappa shape index (κ1) is 15.3. The van der Waals surface area contributed by atoms with Crippen LogP contribution < -0.4 is 0 Å². The van der Waals surface area contributed by atoms with Crippen molar-refractivity contribution >= 4 is 11.6 Å². The summed E-state index contributed by atoms with van der Waals surface area (Å²) < 4.78 is 8.22. The van der Waals surface area contributed by atoms with Crippen LogP contribution in [0.2, 0.25) is 0 Å². The molecule has 7 nitrogen and oxygen atoms in total. The minimum Gasteiger partial charge on any atom is -0.369 e. The lowest BCUT2D eigenvalue weighted by Gasteiger charge is -2.30. The highest BCUT2D eigenvalue weighted by atomic mass is 16.5. The van der Waals surface area contributed by atoms with E-state index in [4.69, 9.17) is 4.74 Å². The van der Waals surface area contributed by atoms with Gasteiger partial charge in [-0.05, 0) is 39.1 Å². The summed E-state index contributed by atoms with van der Waals surface area (Å²) in [5, 5.41) is 8.03. The molecule has 2 aromatic rings. The Kier molecular flexibility index (Phi) is 3.21. The second-order valence-electron chi connectivity index (χ2n) is 7.96. The summed E-state index contributed by atoms with van der Waals surface area (Å²) in [6.07, 6.45) is 6.05. The molecule has 0 aromatic carbocycles. The summed E-state index contributed by atoms with van der Waals surface area (Å²) in [5.74, 6) is 0.999. The van der Waals surface area contributed by atoms with E-state index in [0.717, 1.165) is 25.9 Å². The van der Waals surface area contributed by atoms with Crippen molar-refractivity contribution in [1.82, 2.24) is 24.4 Å². The van der Waals surface area contributed by atoms with Crippen LogP contribution in [-0.2, 0) is 4.74 Å². The SMILES string of the molecule is CN(C)C[C@H]1[C@@H]2CC[C@@]3(CN(C(=O)c4cccn5cnnc45)C[C@@H]13)O2. The number of pyridine rings is 1. The van der Waals surface area contributed by atoms with E-state index in [0.29, 0.717) is 35.7 Å². The average Bonchev–Trinajstić information content (AvgIpc) is 3.33. The van der Waals surface area contributed by atoms with Crippen molar-refractivity contribution in [3.8, 4) is 0 Å². The third-order valence-corrected chi connectivity index (χ3v) is 6.20. The van der Waals surface area contributed by atoms with Crippen LogP contribution in [0.25, 0.3) is 5.65 Å². The van der Waals surface area contributed by atoms with Gasteiger partial charge < -0.3 is 14.5 Å². The van der Waals surface area contributed by atoms with E-state index >= 15 is 0 Å². The molecule has 0 N–H and O–H groups in total. The Balaban J connectivity index is 1.44. The molecule has 2 aromatic heterocycles. The zero-order valence-electron chi connectivity index (χ0n) is 14.6. The second kappa shape index (κ2) is 5.25. The number of amides is 1. The molecule has 3 fully saturated rings. The number of ether oxygens (including phenoxy) is 1. The molecule has 4 atom stereocenters. The molecule has 1 amide bonds. The molecule has 3 saturated heterocycles. The average molecular weight is 341 g/mol. The first-order valence-corrected chi connectivity index (χ1v) is 8.98. The molecule has 0 saturated carbocycles. The van der Waals surface area contributed by atoms with E-state index in [2.05, 4.69) is 29.2 Å². The topological polar surface area (TPSA) is 63.0 Å². The highest BCUT2D eigenvalue weighted by Gasteiger charge is 2.63. The normalized spacial score (nSPS) is 33.6. The Morgan fingerprint density at radius 2 is 2.36 bits per heavy atom. The fourth-order valence-corrected chi connectivity index (χ4v) is 5.20. The van der Waals surface area contributed by atoms with Crippen LogP contribution in [0.15, 0.2) is 24.7 Å². The third-order valence-electron chi connectivity index (χ3n) is 6.20. The van der Waals surface area contributed by atoms with E-state index in [1.54, 1.807) is 10.7 Å². The maximum absolute atomic E-state index is 13.2. The van der Waals surface area contributed by atoms with Crippen LogP contribution in [0.1, 0.15) is 23.2 Å². The first-order chi connectivity index (χ1) is 12.1. The molecule has 5 rings (SSSR count). The number of carbonyl (C=O) groups is 1. The smallest absolute Gasteiger partial charge is 0.257 e.